The zero-order valence-electron chi connectivity index (χ0n) is 11.0. The van der Waals surface area contributed by atoms with Gasteiger partial charge in [0.25, 0.3) is 0 Å². The van der Waals surface area contributed by atoms with Crippen LogP contribution in [0.25, 0.3) is 0 Å². The largest absolute Gasteiger partial charge is 0.468 e. The minimum atomic E-state index is -0.785. The van der Waals surface area contributed by atoms with Crippen molar-refractivity contribution in [3.05, 3.63) is 0 Å². The van der Waals surface area contributed by atoms with Crippen molar-refractivity contribution < 1.29 is 19.1 Å². The summed E-state index contributed by atoms with van der Waals surface area (Å²) in [6.45, 7) is 4.42. The fourth-order valence-corrected chi connectivity index (χ4v) is 2.25. The zero-order chi connectivity index (χ0) is 12.9. The average Bonchev–Trinajstić information content (AvgIpc) is 2.77. The Bertz CT molecular complexity index is 279. The zero-order valence-corrected chi connectivity index (χ0v) is 11.0. The van der Waals surface area contributed by atoms with Crippen LogP contribution >= 0.6 is 0 Å². The number of unbranched alkanes of at least 4 members (excludes halogenated alkanes) is 1. The maximum absolute atomic E-state index is 12.3. The number of ketones is 1. The van der Waals surface area contributed by atoms with Gasteiger partial charge in [0.2, 0.25) is 0 Å². The van der Waals surface area contributed by atoms with Crippen LogP contribution in [0.2, 0.25) is 0 Å². The van der Waals surface area contributed by atoms with Crippen LogP contribution in [0.3, 0.4) is 0 Å². The third kappa shape index (κ3) is 3.28. The third-order valence-corrected chi connectivity index (χ3v) is 3.39. The number of ether oxygens (including phenoxy) is 2. The van der Waals surface area contributed by atoms with E-state index in [1.54, 1.807) is 6.92 Å². The molecule has 1 aliphatic heterocycles. The average molecular weight is 242 g/mol. The Hall–Kier alpha value is -0.900. The lowest BCUT2D eigenvalue weighted by molar-refractivity contribution is -0.156. The molecule has 0 radical (unpaired) electrons. The lowest BCUT2D eigenvalue weighted by Gasteiger charge is -2.25. The van der Waals surface area contributed by atoms with Crippen molar-refractivity contribution in [2.24, 2.45) is 5.92 Å². The van der Waals surface area contributed by atoms with E-state index in [0.29, 0.717) is 19.4 Å². The van der Waals surface area contributed by atoms with E-state index in [-0.39, 0.29) is 5.78 Å². The Balaban J connectivity index is 2.74. The van der Waals surface area contributed by atoms with Gasteiger partial charge in [-0.05, 0) is 26.2 Å². The second kappa shape index (κ2) is 6.15. The Kier molecular flexibility index (Phi) is 5.12. The van der Waals surface area contributed by atoms with Crippen molar-refractivity contribution in [1.82, 2.24) is 0 Å². The summed E-state index contributed by atoms with van der Waals surface area (Å²) in [5, 5.41) is 0. The smallest absolute Gasteiger partial charge is 0.316 e. The van der Waals surface area contributed by atoms with E-state index < -0.39 is 17.5 Å². The summed E-state index contributed by atoms with van der Waals surface area (Å²) < 4.78 is 10.2. The number of hydrogen-bond acceptors (Lipinski definition) is 4. The monoisotopic (exact) mass is 242 g/mol. The molecule has 0 N–H and O–H groups in total. The van der Waals surface area contributed by atoms with E-state index in [1.165, 1.54) is 7.11 Å². The molecule has 4 heteroatoms. The highest BCUT2D eigenvalue weighted by Crippen LogP contribution is 2.30. The van der Waals surface area contributed by atoms with Gasteiger partial charge >= 0.3 is 5.97 Å². The van der Waals surface area contributed by atoms with Gasteiger partial charge in [-0.3, -0.25) is 9.59 Å². The lowest BCUT2D eigenvalue weighted by Crippen LogP contribution is -2.42. The molecule has 0 aromatic rings. The molecule has 1 saturated heterocycles. The molecule has 4 nitrogen and oxygen atoms in total. The molecule has 0 spiro atoms. The molecule has 17 heavy (non-hydrogen) atoms. The summed E-state index contributed by atoms with van der Waals surface area (Å²) in [5.41, 5.74) is -0.785. The second-order valence-electron chi connectivity index (χ2n) is 4.77. The fourth-order valence-electron chi connectivity index (χ4n) is 2.25. The number of methoxy groups -OCH3 is 1. The van der Waals surface area contributed by atoms with Crippen LogP contribution in [0.4, 0.5) is 0 Å². The van der Waals surface area contributed by atoms with Crippen molar-refractivity contribution in [1.29, 1.82) is 0 Å². The van der Waals surface area contributed by atoms with Crippen molar-refractivity contribution in [3.63, 3.8) is 0 Å². The summed E-state index contributed by atoms with van der Waals surface area (Å²) >= 11 is 0. The summed E-state index contributed by atoms with van der Waals surface area (Å²) in [4.78, 5) is 24.0. The Morgan fingerprint density at radius 3 is 2.65 bits per heavy atom. The van der Waals surface area contributed by atoms with E-state index in [9.17, 15) is 9.59 Å². The molecule has 0 aliphatic carbocycles. The highest BCUT2D eigenvalue weighted by Gasteiger charge is 2.43. The molecule has 2 unspecified atom stereocenters. The Morgan fingerprint density at radius 2 is 2.18 bits per heavy atom. The first-order chi connectivity index (χ1) is 8.05. The molecule has 0 aromatic carbocycles. The molecule has 0 bridgehead atoms. The van der Waals surface area contributed by atoms with Gasteiger partial charge in [-0.1, -0.05) is 19.8 Å². The molecule has 1 aliphatic rings. The van der Waals surface area contributed by atoms with Gasteiger partial charge in [0.15, 0.2) is 5.78 Å². The highest BCUT2D eigenvalue weighted by molar-refractivity contribution is 6.03. The molecule has 1 rings (SSSR count). The van der Waals surface area contributed by atoms with E-state index in [1.807, 2.05) is 6.92 Å². The molecule has 0 aromatic heterocycles. The molecule has 0 amide bonds. The lowest BCUT2D eigenvalue weighted by atomic mass is 9.85. The number of esters is 1. The van der Waals surface area contributed by atoms with Crippen molar-refractivity contribution in [2.45, 2.75) is 51.6 Å². The first-order valence-corrected chi connectivity index (χ1v) is 6.31. The number of carbonyl (C=O) groups is 2. The third-order valence-electron chi connectivity index (χ3n) is 3.39. The normalized spacial score (nSPS) is 25.6. The minimum absolute atomic E-state index is 0.115. The number of Topliss-reactive ketones (excluding diaryl/α,β-unsaturated/α-hetero) is 1. The van der Waals surface area contributed by atoms with Gasteiger partial charge in [-0.15, -0.1) is 0 Å². The van der Waals surface area contributed by atoms with Gasteiger partial charge in [-0.25, -0.2) is 0 Å². The van der Waals surface area contributed by atoms with Gasteiger partial charge in [0.1, 0.15) is 11.5 Å². The van der Waals surface area contributed by atoms with Gasteiger partial charge in [0, 0.05) is 6.61 Å². The highest BCUT2D eigenvalue weighted by atomic mass is 16.5. The number of hydrogen-bond donors (Lipinski definition) is 0. The maximum atomic E-state index is 12.3. The Morgan fingerprint density at radius 1 is 1.47 bits per heavy atom. The molecule has 98 valence electrons. The molecular formula is C13H22O4. The second-order valence-corrected chi connectivity index (χ2v) is 4.77. The van der Waals surface area contributed by atoms with Crippen LogP contribution in [-0.4, -0.2) is 31.1 Å². The molecule has 0 saturated carbocycles. The number of carbonyl (C=O) groups excluding carboxylic acids is 2. The van der Waals surface area contributed by atoms with Gasteiger partial charge in [-0.2, -0.15) is 0 Å². The summed E-state index contributed by atoms with van der Waals surface area (Å²) in [6, 6.07) is 0. The van der Waals surface area contributed by atoms with Crippen LogP contribution in [0.1, 0.15) is 46.0 Å². The van der Waals surface area contributed by atoms with E-state index in [4.69, 9.17) is 9.47 Å². The summed E-state index contributed by atoms with van der Waals surface area (Å²) in [6.07, 6.45) is 3.94. The van der Waals surface area contributed by atoms with Crippen molar-refractivity contribution in [2.75, 3.05) is 13.7 Å². The minimum Gasteiger partial charge on any atom is -0.468 e. The van der Waals surface area contributed by atoms with Crippen molar-refractivity contribution >= 4 is 11.8 Å². The van der Waals surface area contributed by atoms with E-state index in [0.717, 1.165) is 19.3 Å². The number of rotatable bonds is 6. The Labute approximate surface area is 103 Å². The predicted octanol–water partition coefficient (Wildman–Crippen LogP) is 2.10. The SMILES string of the molecule is CCCCC(C(=O)OC)C(=O)C1(C)CCCO1. The van der Waals surface area contributed by atoms with Crippen LogP contribution in [0.15, 0.2) is 0 Å². The molecule has 1 heterocycles. The first kappa shape index (κ1) is 14.2. The molecule has 2 atom stereocenters. The van der Waals surface area contributed by atoms with Gasteiger partial charge < -0.3 is 9.47 Å². The standard InChI is InChI=1S/C13H22O4/c1-4-5-7-10(12(15)16-3)11(14)13(2)8-6-9-17-13/h10H,4-9H2,1-3H3. The molecular weight excluding hydrogens is 220 g/mol. The van der Waals surface area contributed by atoms with Crippen LogP contribution in [0.5, 0.6) is 0 Å². The maximum Gasteiger partial charge on any atom is 0.316 e. The van der Waals surface area contributed by atoms with Crippen LogP contribution < -0.4 is 0 Å². The fraction of sp³-hybridized carbons (Fsp3) is 0.846. The van der Waals surface area contributed by atoms with E-state index in [2.05, 4.69) is 0 Å². The van der Waals surface area contributed by atoms with Crippen LogP contribution in [0, 0.1) is 5.92 Å². The first-order valence-electron chi connectivity index (χ1n) is 6.31. The predicted molar refractivity (Wildman–Crippen MR) is 63.6 cm³/mol. The van der Waals surface area contributed by atoms with Gasteiger partial charge in [0.05, 0.1) is 7.11 Å². The summed E-state index contributed by atoms with van der Waals surface area (Å²) in [5.74, 6) is -1.21. The summed E-state index contributed by atoms with van der Waals surface area (Å²) in [7, 11) is 1.33. The van der Waals surface area contributed by atoms with Crippen molar-refractivity contribution in [3.8, 4) is 0 Å². The van der Waals surface area contributed by atoms with E-state index >= 15 is 0 Å². The quantitative estimate of drug-likeness (QED) is 0.528. The molecule has 1 fully saturated rings. The van der Waals surface area contributed by atoms with Crippen LogP contribution in [-0.2, 0) is 19.1 Å². The topological polar surface area (TPSA) is 52.6 Å².